The fraction of sp³-hybridized carbons (Fsp3) is 0.583. The lowest BCUT2D eigenvalue weighted by atomic mass is 10.3. The molecule has 0 radical (unpaired) electrons. The van der Waals surface area contributed by atoms with Crippen LogP contribution < -0.4 is 0 Å². The third-order valence-corrected chi connectivity index (χ3v) is 4.24. The van der Waals surface area contributed by atoms with Gasteiger partial charge in [0.2, 0.25) is 0 Å². The fourth-order valence-electron chi connectivity index (χ4n) is 1.37. The maximum absolute atomic E-state index is 11.9. The van der Waals surface area contributed by atoms with Crippen LogP contribution in [-0.2, 0) is 6.42 Å². The van der Waals surface area contributed by atoms with Gasteiger partial charge in [-0.3, -0.25) is 9.69 Å². The zero-order chi connectivity index (χ0) is 12.0. The topological polar surface area (TPSA) is 20.3 Å². The van der Waals surface area contributed by atoms with Gasteiger partial charge < -0.3 is 0 Å². The number of rotatable bonds is 7. The highest BCUT2D eigenvalue weighted by atomic mass is 32.2. The first-order valence-corrected chi connectivity index (χ1v) is 7.67. The van der Waals surface area contributed by atoms with Crippen LogP contribution in [0, 0.1) is 0 Å². The lowest BCUT2D eigenvalue weighted by Crippen LogP contribution is -2.27. The predicted octanol–water partition coefficient (Wildman–Crippen LogP) is 2.79. The van der Waals surface area contributed by atoms with Crippen molar-refractivity contribution in [2.24, 2.45) is 0 Å². The van der Waals surface area contributed by atoms with E-state index in [-0.39, 0.29) is 5.78 Å². The third kappa shape index (κ3) is 4.28. The van der Waals surface area contributed by atoms with Crippen molar-refractivity contribution in [2.45, 2.75) is 13.3 Å². The van der Waals surface area contributed by atoms with Crippen LogP contribution in [0.5, 0.6) is 0 Å². The van der Waals surface area contributed by atoms with Crippen LogP contribution in [0.4, 0.5) is 0 Å². The molecule has 0 saturated heterocycles. The minimum atomic E-state index is 0.244. The van der Waals surface area contributed by atoms with Crippen molar-refractivity contribution in [1.29, 1.82) is 0 Å². The van der Waals surface area contributed by atoms with E-state index in [1.165, 1.54) is 4.88 Å². The van der Waals surface area contributed by atoms with Gasteiger partial charge in [-0.25, -0.2) is 0 Å². The molecule has 90 valence electrons. The Bertz CT molecular complexity index is 336. The second kappa shape index (κ2) is 7.09. The molecule has 4 heteroatoms. The van der Waals surface area contributed by atoms with Crippen molar-refractivity contribution in [3.05, 3.63) is 21.9 Å². The summed E-state index contributed by atoms with van der Waals surface area (Å²) in [6.45, 7) is 3.62. The molecule has 0 aliphatic carbocycles. The molecule has 0 atom stereocenters. The molecule has 0 aromatic carbocycles. The summed E-state index contributed by atoms with van der Waals surface area (Å²) in [4.78, 5) is 16.2. The number of aryl methyl sites for hydroxylation is 1. The van der Waals surface area contributed by atoms with Crippen molar-refractivity contribution in [2.75, 3.05) is 32.1 Å². The molecule has 0 unspecified atom stereocenters. The number of carbonyl (C=O) groups excluding carboxylic acids is 1. The summed E-state index contributed by atoms with van der Waals surface area (Å²) in [7, 11) is 2.00. The second-order valence-corrected chi connectivity index (χ2v) is 5.93. The number of nitrogens with zero attached hydrogens (tertiary/aromatic N) is 1. The number of hydrogen-bond acceptors (Lipinski definition) is 4. The zero-order valence-electron chi connectivity index (χ0n) is 10.2. The van der Waals surface area contributed by atoms with Crippen LogP contribution in [0.15, 0.2) is 12.1 Å². The molecule has 16 heavy (non-hydrogen) atoms. The van der Waals surface area contributed by atoms with Gasteiger partial charge in [-0.05, 0) is 31.9 Å². The Morgan fingerprint density at radius 3 is 2.81 bits per heavy atom. The first-order chi connectivity index (χ1) is 7.67. The smallest absolute Gasteiger partial charge is 0.186 e. The van der Waals surface area contributed by atoms with E-state index < -0.39 is 0 Å². The van der Waals surface area contributed by atoms with Crippen molar-refractivity contribution in [3.8, 4) is 0 Å². The predicted molar refractivity (Wildman–Crippen MR) is 73.9 cm³/mol. The van der Waals surface area contributed by atoms with Crippen molar-refractivity contribution >= 4 is 28.9 Å². The summed E-state index contributed by atoms with van der Waals surface area (Å²) in [6, 6.07) is 4.01. The number of ketones is 1. The van der Waals surface area contributed by atoms with Crippen LogP contribution in [0.2, 0.25) is 0 Å². The number of Topliss-reactive ketones (excluding diaryl/α,β-unsaturated/α-hetero) is 1. The number of thioether (sulfide) groups is 1. The summed E-state index contributed by atoms with van der Waals surface area (Å²) < 4.78 is 0. The summed E-state index contributed by atoms with van der Waals surface area (Å²) in [6.07, 6.45) is 3.10. The second-order valence-electron chi connectivity index (χ2n) is 3.77. The standard InChI is InChI=1S/C12H19NOS2/c1-4-10-5-6-12(16-10)11(14)9-13(2)7-8-15-3/h5-6H,4,7-9H2,1-3H3. The molecule has 1 aromatic heterocycles. The molecule has 0 N–H and O–H groups in total. The summed E-state index contributed by atoms with van der Waals surface area (Å²) in [5.74, 6) is 1.32. The van der Waals surface area contributed by atoms with Gasteiger partial charge in [0.25, 0.3) is 0 Å². The normalized spacial score (nSPS) is 11.0. The lowest BCUT2D eigenvalue weighted by Gasteiger charge is -2.13. The average molecular weight is 257 g/mol. The van der Waals surface area contributed by atoms with E-state index in [4.69, 9.17) is 0 Å². The maximum Gasteiger partial charge on any atom is 0.186 e. The summed E-state index contributed by atoms with van der Waals surface area (Å²) in [5.41, 5.74) is 0. The minimum absolute atomic E-state index is 0.244. The van der Waals surface area contributed by atoms with E-state index >= 15 is 0 Å². The third-order valence-electron chi connectivity index (χ3n) is 2.38. The van der Waals surface area contributed by atoms with Gasteiger partial charge in [0.05, 0.1) is 11.4 Å². The number of thiophene rings is 1. The Morgan fingerprint density at radius 1 is 1.50 bits per heavy atom. The lowest BCUT2D eigenvalue weighted by molar-refractivity contribution is 0.0953. The molecule has 1 rings (SSSR count). The van der Waals surface area contributed by atoms with Gasteiger partial charge in [-0.1, -0.05) is 6.92 Å². The Hall–Kier alpha value is -0.320. The first kappa shape index (κ1) is 13.7. The van der Waals surface area contributed by atoms with Gasteiger partial charge >= 0.3 is 0 Å². The molecule has 0 saturated carbocycles. The van der Waals surface area contributed by atoms with Gasteiger partial charge in [-0.2, -0.15) is 11.8 Å². The molecule has 0 aliphatic heterocycles. The Morgan fingerprint density at radius 2 is 2.25 bits per heavy atom. The molecule has 1 heterocycles. The first-order valence-electron chi connectivity index (χ1n) is 5.46. The van der Waals surface area contributed by atoms with Crippen LogP contribution in [0.1, 0.15) is 21.5 Å². The van der Waals surface area contributed by atoms with Gasteiger partial charge in [0, 0.05) is 17.2 Å². The van der Waals surface area contributed by atoms with E-state index in [0.717, 1.165) is 23.6 Å². The van der Waals surface area contributed by atoms with E-state index in [0.29, 0.717) is 6.54 Å². The molecule has 0 fully saturated rings. The molecule has 0 aliphatic rings. The Balaban J connectivity index is 2.45. The van der Waals surface area contributed by atoms with Gasteiger partial charge in [0.1, 0.15) is 0 Å². The Labute approximate surface area is 106 Å². The van der Waals surface area contributed by atoms with E-state index in [1.807, 2.05) is 24.9 Å². The molecule has 2 nitrogen and oxygen atoms in total. The Kier molecular flexibility index (Phi) is 6.09. The minimum Gasteiger partial charge on any atom is -0.298 e. The molecule has 0 spiro atoms. The molecular formula is C12H19NOS2. The average Bonchev–Trinajstić information content (AvgIpc) is 2.74. The highest BCUT2D eigenvalue weighted by Gasteiger charge is 2.11. The highest BCUT2D eigenvalue weighted by Crippen LogP contribution is 2.17. The molecule has 1 aromatic rings. The van der Waals surface area contributed by atoms with Gasteiger partial charge in [0.15, 0.2) is 5.78 Å². The highest BCUT2D eigenvalue weighted by molar-refractivity contribution is 7.98. The fourth-order valence-corrected chi connectivity index (χ4v) is 2.74. The van der Waals surface area contributed by atoms with Gasteiger partial charge in [-0.15, -0.1) is 11.3 Å². The van der Waals surface area contributed by atoms with E-state index in [9.17, 15) is 4.79 Å². The van der Waals surface area contributed by atoms with Crippen LogP contribution in [-0.4, -0.2) is 42.8 Å². The summed E-state index contributed by atoms with van der Waals surface area (Å²) >= 11 is 3.44. The number of likely N-dealkylation sites (N-methyl/N-ethyl adjacent to an activating group) is 1. The zero-order valence-corrected chi connectivity index (χ0v) is 11.8. The van der Waals surface area contributed by atoms with Crippen molar-refractivity contribution in [3.63, 3.8) is 0 Å². The monoisotopic (exact) mass is 257 g/mol. The van der Waals surface area contributed by atoms with Crippen molar-refractivity contribution < 1.29 is 4.79 Å². The molecular weight excluding hydrogens is 238 g/mol. The number of carbonyl (C=O) groups is 1. The van der Waals surface area contributed by atoms with E-state index in [2.05, 4.69) is 24.1 Å². The summed E-state index contributed by atoms with van der Waals surface area (Å²) in [5, 5.41) is 0. The molecule has 0 bridgehead atoms. The maximum atomic E-state index is 11.9. The largest absolute Gasteiger partial charge is 0.298 e. The SMILES string of the molecule is CCc1ccc(C(=O)CN(C)CCSC)s1. The van der Waals surface area contributed by atoms with Crippen LogP contribution in [0.3, 0.4) is 0 Å². The quantitative estimate of drug-likeness (QED) is 0.701. The van der Waals surface area contributed by atoms with E-state index in [1.54, 1.807) is 11.3 Å². The molecule has 0 amide bonds. The van der Waals surface area contributed by atoms with Crippen molar-refractivity contribution in [1.82, 2.24) is 4.90 Å². The van der Waals surface area contributed by atoms with Crippen LogP contribution in [0.25, 0.3) is 0 Å². The number of hydrogen-bond donors (Lipinski definition) is 0. The van der Waals surface area contributed by atoms with Crippen LogP contribution >= 0.6 is 23.1 Å².